The molecule has 1 aromatic heterocycles. The van der Waals surface area contributed by atoms with E-state index in [0.717, 1.165) is 23.5 Å². The van der Waals surface area contributed by atoms with E-state index in [1.807, 2.05) is 18.9 Å². The summed E-state index contributed by atoms with van der Waals surface area (Å²) in [6, 6.07) is 9.44. The zero-order valence-electron chi connectivity index (χ0n) is 17.2. The first kappa shape index (κ1) is 21.9. The minimum absolute atomic E-state index is 0.0207. The second kappa shape index (κ2) is 8.31. The number of aryl methyl sites for hydroxylation is 1. The third kappa shape index (κ3) is 4.20. The van der Waals surface area contributed by atoms with Gasteiger partial charge in [0.2, 0.25) is 0 Å². The van der Waals surface area contributed by atoms with Gasteiger partial charge in [-0.25, -0.2) is 9.97 Å². The van der Waals surface area contributed by atoms with Crippen molar-refractivity contribution in [1.82, 2.24) is 9.97 Å². The van der Waals surface area contributed by atoms with Crippen LogP contribution in [0, 0.1) is 12.3 Å². The number of nitrogens with one attached hydrogen (secondary N) is 1. The van der Waals surface area contributed by atoms with Crippen molar-refractivity contribution >= 4 is 34.6 Å². The quantitative estimate of drug-likeness (QED) is 0.502. The maximum atomic E-state index is 13.0. The van der Waals surface area contributed by atoms with Gasteiger partial charge in [0, 0.05) is 20.0 Å². The summed E-state index contributed by atoms with van der Waals surface area (Å²) in [4.78, 5) is 12.4. The largest absolute Gasteiger partial charge is 0.456 e. The molecule has 2 aromatic carbocycles. The van der Waals surface area contributed by atoms with Gasteiger partial charge in [0.05, 0.1) is 22.0 Å². The van der Waals surface area contributed by atoms with Crippen LogP contribution in [0.15, 0.2) is 48.8 Å². The lowest BCUT2D eigenvalue weighted by Gasteiger charge is -2.25. The van der Waals surface area contributed by atoms with E-state index in [0.29, 0.717) is 30.3 Å². The number of anilines is 3. The van der Waals surface area contributed by atoms with Crippen molar-refractivity contribution in [3.8, 4) is 11.5 Å². The Labute approximate surface area is 187 Å². The van der Waals surface area contributed by atoms with Gasteiger partial charge >= 0.3 is 6.18 Å². The van der Waals surface area contributed by atoms with E-state index in [2.05, 4.69) is 9.97 Å². The monoisotopic (exact) mass is 461 g/mol. The summed E-state index contributed by atoms with van der Waals surface area (Å²) in [5.74, 6) is 1.11. The van der Waals surface area contributed by atoms with Crippen molar-refractivity contribution < 1.29 is 17.9 Å². The maximum Gasteiger partial charge on any atom is 0.416 e. The lowest BCUT2D eigenvalue weighted by atomic mass is 10.2. The Bertz CT molecular complexity index is 1180. The summed E-state index contributed by atoms with van der Waals surface area (Å²) >= 11 is 6.42. The summed E-state index contributed by atoms with van der Waals surface area (Å²) in [6.45, 7) is 2.50. The first-order valence-electron chi connectivity index (χ1n) is 9.70. The molecule has 0 atom stereocenters. The summed E-state index contributed by atoms with van der Waals surface area (Å²) < 4.78 is 44.5. The molecule has 6 nitrogen and oxygen atoms in total. The predicted octanol–water partition coefficient (Wildman–Crippen LogP) is 6.20. The molecule has 1 N–H and O–H groups in total. The number of aromatic nitrogens is 2. The van der Waals surface area contributed by atoms with Gasteiger partial charge < -0.3 is 9.64 Å². The molecule has 2 heterocycles. The van der Waals surface area contributed by atoms with Crippen LogP contribution in [0.1, 0.15) is 17.7 Å². The molecule has 0 saturated heterocycles. The highest BCUT2D eigenvalue weighted by molar-refractivity contribution is 6.32. The van der Waals surface area contributed by atoms with Gasteiger partial charge in [-0.2, -0.15) is 13.2 Å². The number of alkyl halides is 3. The smallest absolute Gasteiger partial charge is 0.416 e. The van der Waals surface area contributed by atoms with Crippen molar-refractivity contribution in [3.05, 3.63) is 65.1 Å². The molecule has 0 radical (unpaired) electrons. The highest BCUT2D eigenvalue weighted by atomic mass is 35.5. The fourth-order valence-electron chi connectivity index (χ4n) is 3.54. The average Bonchev–Trinajstić information content (AvgIpc) is 2.86. The Balaban J connectivity index is 1.69. The van der Waals surface area contributed by atoms with E-state index < -0.39 is 11.7 Å². The normalized spacial score (nSPS) is 14.2. The lowest BCUT2D eigenvalue weighted by Crippen LogP contribution is -2.25. The summed E-state index contributed by atoms with van der Waals surface area (Å²) in [5, 5.41) is 8.75. The Hall–Kier alpha value is -3.33. The fraction of sp³-hybridized carbons (Fsp3) is 0.227. The van der Waals surface area contributed by atoms with Crippen LogP contribution in [-0.2, 0) is 6.18 Å². The summed E-state index contributed by atoms with van der Waals surface area (Å²) in [7, 11) is 1.92. The van der Waals surface area contributed by atoms with Crippen LogP contribution in [0.3, 0.4) is 0 Å². The van der Waals surface area contributed by atoms with Crippen LogP contribution in [0.2, 0.25) is 5.02 Å². The number of fused-ring (bicyclic) bond motifs is 1. The van der Waals surface area contributed by atoms with Gasteiger partial charge in [0.1, 0.15) is 29.3 Å². The topological polar surface area (TPSA) is 65.3 Å². The van der Waals surface area contributed by atoms with Crippen LogP contribution >= 0.6 is 11.6 Å². The van der Waals surface area contributed by atoms with Gasteiger partial charge in [0.15, 0.2) is 5.82 Å². The van der Waals surface area contributed by atoms with E-state index in [4.69, 9.17) is 21.7 Å². The third-order valence-electron chi connectivity index (χ3n) is 5.10. The van der Waals surface area contributed by atoms with E-state index in [-0.39, 0.29) is 16.5 Å². The van der Waals surface area contributed by atoms with Crippen molar-refractivity contribution in [1.29, 1.82) is 5.41 Å². The molecule has 32 heavy (non-hydrogen) atoms. The van der Waals surface area contributed by atoms with Crippen LogP contribution < -0.4 is 14.5 Å². The Morgan fingerprint density at radius 1 is 1.12 bits per heavy atom. The zero-order valence-corrected chi connectivity index (χ0v) is 18.0. The minimum atomic E-state index is -4.47. The van der Waals surface area contributed by atoms with Crippen LogP contribution in [0.5, 0.6) is 11.5 Å². The molecule has 3 aromatic rings. The van der Waals surface area contributed by atoms with E-state index in [1.165, 1.54) is 18.5 Å². The number of hydrogen-bond donors (Lipinski definition) is 1. The Morgan fingerprint density at radius 2 is 1.91 bits per heavy atom. The highest BCUT2D eigenvalue weighted by Crippen LogP contribution is 2.40. The average molecular weight is 462 g/mol. The van der Waals surface area contributed by atoms with Gasteiger partial charge in [-0.3, -0.25) is 10.3 Å². The standard InChI is InChI=1S/C22H19ClF3N5O/c1-13-20-21(29-12-28-13)31(19(27)8-9-30(20)2)15-6-7-18(17(23)11-15)32-16-5-3-4-14(10-16)22(24,25)26/h3-7,10-12,27H,8-9H2,1-2H3. The molecule has 0 spiro atoms. The predicted molar refractivity (Wildman–Crippen MR) is 117 cm³/mol. The molecule has 1 aliphatic rings. The number of ether oxygens (including phenoxy) is 1. The van der Waals surface area contributed by atoms with Crippen molar-refractivity contribution in [2.24, 2.45) is 0 Å². The summed E-state index contributed by atoms with van der Waals surface area (Å²) in [6.07, 6.45) is -2.55. The van der Waals surface area contributed by atoms with Gasteiger partial charge in [-0.05, 0) is 43.3 Å². The molecule has 10 heteroatoms. The van der Waals surface area contributed by atoms with Crippen LogP contribution in [0.4, 0.5) is 30.4 Å². The van der Waals surface area contributed by atoms with Gasteiger partial charge in [-0.15, -0.1) is 0 Å². The van der Waals surface area contributed by atoms with Crippen molar-refractivity contribution in [3.63, 3.8) is 0 Å². The van der Waals surface area contributed by atoms with Crippen molar-refractivity contribution in [2.45, 2.75) is 19.5 Å². The zero-order chi connectivity index (χ0) is 23.0. The Kier molecular flexibility index (Phi) is 5.68. The number of rotatable bonds is 3. The van der Waals surface area contributed by atoms with E-state index >= 15 is 0 Å². The molecule has 0 saturated carbocycles. The van der Waals surface area contributed by atoms with Crippen LogP contribution in [0.25, 0.3) is 0 Å². The van der Waals surface area contributed by atoms with Gasteiger partial charge in [0.25, 0.3) is 0 Å². The number of amidine groups is 1. The molecule has 0 bridgehead atoms. The lowest BCUT2D eigenvalue weighted by molar-refractivity contribution is -0.137. The second-order valence-electron chi connectivity index (χ2n) is 7.33. The van der Waals surface area contributed by atoms with Gasteiger partial charge in [-0.1, -0.05) is 17.7 Å². The molecule has 1 aliphatic heterocycles. The Morgan fingerprint density at radius 3 is 2.62 bits per heavy atom. The molecule has 0 unspecified atom stereocenters. The van der Waals surface area contributed by atoms with E-state index in [1.54, 1.807) is 23.1 Å². The SMILES string of the molecule is Cc1ncnc2c1N(C)CCC(=N)N2c1ccc(Oc2cccc(C(F)(F)F)c2)c(Cl)c1. The number of benzene rings is 2. The molecule has 0 aliphatic carbocycles. The molecule has 0 amide bonds. The fourth-order valence-corrected chi connectivity index (χ4v) is 3.76. The molecule has 4 rings (SSSR count). The van der Waals surface area contributed by atoms with Crippen molar-refractivity contribution in [2.75, 3.05) is 23.4 Å². The third-order valence-corrected chi connectivity index (χ3v) is 5.39. The van der Waals surface area contributed by atoms with Crippen LogP contribution in [-0.4, -0.2) is 29.4 Å². The highest BCUT2D eigenvalue weighted by Gasteiger charge is 2.31. The number of halogens is 4. The molecule has 166 valence electrons. The second-order valence-corrected chi connectivity index (χ2v) is 7.73. The van der Waals surface area contributed by atoms with E-state index in [9.17, 15) is 13.2 Å². The molecular formula is C22H19ClF3N5O. The first-order valence-corrected chi connectivity index (χ1v) is 10.1. The number of nitrogens with zero attached hydrogens (tertiary/aromatic N) is 4. The number of hydrogen-bond acceptors (Lipinski definition) is 5. The molecule has 0 fully saturated rings. The summed E-state index contributed by atoms with van der Waals surface area (Å²) in [5.41, 5.74) is 1.38. The molecular weight excluding hydrogens is 443 g/mol. The minimum Gasteiger partial charge on any atom is -0.456 e. The maximum absolute atomic E-state index is 13.0. The first-order chi connectivity index (χ1) is 15.1.